The van der Waals surface area contributed by atoms with Crippen LogP contribution in [0.4, 0.5) is 0 Å². The molecule has 0 amide bonds. The smallest absolute Gasteiger partial charge is 0.136 e. The van der Waals surface area contributed by atoms with Crippen LogP contribution in [-0.4, -0.2) is 13.7 Å². The summed E-state index contributed by atoms with van der Waals surface area (Å²) in [7, 11) is 1.78. The Labute approximate surface area is 130 Å². The Balaban J connectivity index is 2.04. The van der Waals surface area contributed by atoms with Crippen molar-refractivity contribution in [3.8, 4) is 5.75 Å². The lowest BCUT2D eigenvalue weighted by Gasteiger charge is -2.42. The Kier molecular flexibility index (Phi) is 4.09. The summed E-state index contributed by atoms with van der Waals surface area (Å²) in [5.41, 5.74) is 9.12. The number of ether oxygens (including phenoxy) is 1. The molecule has 2 aliphatic carbocycles. The van der Waals surface area contributed by atoms with Gasteiger partial charge in [0.05, 0.1) is 11.6 Å². The van der Waals surface area contributed by atoms with E-state index in [1.165, 1.54) is 56.1 Å². The lowest BCUT2D eigenvalue weighted by atomic mass is 9.64. The van der Waals surface area contributed by atoms with Crippen molar-refractivity contribution in [1.29, 1.82) is 0 Å². The van der Waals surface area contributed by atoms with E-state index in [9.17, 15) is 0 Å². The maximum atomic E-state index is 6.08. The summed E-state index contributed by atoms with van der Waals surface area (Å²) in [6, 6.07) is 4.63. The van der Waals surface area contributed by atoms with E-state index in [4.69, 9.17) is 10.5 Å². The molecule has 1 aromatic rings. The van der Waals surface area contributed by atoms with Crippen LogP contribution in [0.3, 0.4) is 0 Å². The van der Waals surface area contributed by atoms with Crippen molar-refractivity contribution in [1.82, 2.24) is 0 Å². The van der Waals surface area contributed by atoms with Gasteiger partial charge in [0.25, 0.3) is 0 Å². The summed E-state index contributed by atoms with van der Waals surface area (Å²) in [4.78, 5) is 0. The Hall–Kier alpha value is -0.540. The number of halogens is 1. The molecule has 0 atom stereocenters. The highest BCUT2D eigenvalue weighted by Gasteiger charge is 2.38. The van der Waals surface area contributed by atoms with E-state index >= 15 is 0 Å². The van der Waals surface area contributed by atoms with Gasteiger partial charge >= 0.3 is 0 Å². The van der Waals surface area contributed by atoms with Crippen LogP contribution in [0, 0.1) is 0 Å². The number of rotatable bonds is 4. The van der Waals surface area contributed by atoms with Crippen LogP contribution in [0.5, 0.6) is 5.75 Å². The number of hydrogen-bond acceptors (Lipinski definition) is 2. The van der Waals surface area contributed by atoms with Crippen LogP contribution >= 0.6 is 15.9 Å². The molecule has 2 N–H and O–H groups in total. The van der Waals surface area contributed by atoms with Gasteiger partial charge in [0.1, 0.15) is 5.75 Å². The van der Waals surface area contributed by atoms with Gasteiger partial charge in [-0.3, -0.25) is 0 Å². The molecule has 20 heavy (non-hydrogen) atoms. The molecule has 0 radical (unpaired) electrons. The van der Waals surface area contributed by atoms with Gasteiger partial charge in [-0.1, -0.05) is 25.3 Å². The minimum Gasteiger partial charge on any atom is -0.495 e. The standard InChI is InChI=1S/C17H24BrNO/c1-20-16-14(12-5-2-3-6-12)9-13(10-15(16)18)17(11-19)7-4-8-17/h9-10,12H,2-8,11,19H2,1H3. The Morgan fingerprint density at radius 1 is 1.25 bits per heavy atom. The van der Waals surface area contributed by atoms with E-state index in [2.05, 4.69) is 28.1 Å². The molecular weight excluding hydrogens is 314 g/mol. The van der Waals surface area contributed by atoms with Crippen molar-refractivity contribution in [2.24, 2.45) is 5.73 Å². The van der Waals surface area contributed by atoms with Crippen LogP contribution in [0.25, 0.3) is 0 Å². The molecule has 1 aromatic carbocycles. The second-order valence-electron chi connectivity index (χ2n) is 6.40. The molecule has 3 rings (SSSR count). The van der Waals surface area contributed by atoms with E-state index in [-0.39, 0.29) is 5.41 Å². The van der Waals surface area contributed by atoms with Crippen molar-refractivity contribution >= 4 is 15.9 Å². The molecule has 0 spiro atoms. The first kappa shape index (κ1) is 14.4. The van der Waals surface area contributed by atoms with Crippen molar-refractivity contribution in [3.63, 3.8) is 0 Å². The predicted octanol–water partition coefficient (Wildman–Crippen LogP) is 4.50. The van der Waals surface area contributed by atoms with E-state index in [0.29, 0.717) is 5.92 Å². The van der Waals surface area contributed by atoms with Gasteiger partial charge in [0.2, 0.25) is 0 Å². The summed E-state index contributed by atoms with van der Waals surface area (Å²) in [5.74, 6) is 1.70. The van der Waals surface area contributed by atoms with Crippen molar-refractivity contribution in [2.45, 2.75) is 56.3 Å². The molecule has 2 fully saturated rings. The van der Waals surface area contributed by atoms with E-state index in [0.717, 1.165) is 16.8 Å². The number of methoxy groups -OCH3 is 1. The largest absolute Gasteiger partial charge is 0.495 e. The SMILES string of the molecule is COc1c(Br)cc(C2(CN)CCC2)cc1C1CCCC1. The highest BCUT2D eigenvalue weighted by molar-refractivity contribution is 9.10. The Bertz CT molecular complexity index is 484. The normalized spacial score (nSPS) is 21.8. The van der Waals surface area contributed by atoms with Gasteiger partial charge in [-0.2, -0.15) is 0 Å². The molecule has 0 heterocycles. The van der Waals surface area contributed by atoms with E-state index in [1.807, 2.05) is 0 Å². The lowest BCUT2D eigenvalue weighted by molar-refractivity contribution is 0.252. The number of benzene rings is 1. The predicted molar refractivity (Wildman–Crippen MR) is 86.5 cm³/mol. The first-order chi connectivity index (χ1) is 9.70. The monoisotopic (exact) mass is 337 g/mol. The highest BCUT2D eigenvalue weighted by atomic mass is 79.9. The third-order valence-corrected chi connectivity index (χ3v) is 5.97. The summed E-state index contributed by atoms with van der Waals surface area (Å²) < 4.78 is 6.76. The molecule has 2 aliphatic rings. The van der Waals surface area contributed by atoms with Crippen LogP contribution in [0.15, 0.2) is 16.6 Å². The average Bonchev–Trinajstić information content (AvgIpc) is 2.91. The highest BCUT2D eigenvalue weighted by Crippen LogP contribution is 2.48. The fraction of sp³-hybridized carbons (Fsp3) is 0.647. The van der Waals surface area contributed by atoms with E-state index in [1.54, 1.807) is 7.11 Å². The summed E-state index contributed by atoms with van der Waals surface area (Å²) >= 11 is 3.71. The molecule has 0 saturated heterocycles. The zero-order valence-corrected chi connectivity index (χ0v) is 13.8. The zero-order valence-electron chi connectivity index (χ0n) is 12.3. The third-order valence-electron chi connectivity index (χ3n) is 5.39. The minimum absolute atomic E-state index is 0.224. The molecule has 110 valence electrons. The van der Waals surface area contributed by atoms with Gasteiger partial charge < -0.3 is 10.5 Å². The van der Waals surface area contributed by atoms with Crippen LogP contribution in [0.2, 0.25) is 0 Å². The van der Waals surface area contributed by atoms with Gasteiger partial charge in [0.15, 0.2) is 0 Å². The Morgan fingerprint density at radius 2 is 1.95 bits per heavy atom. The quantitative estimate of drug-likeness (QED) is 0.877. The fourth-order valence-corrected chi connectivity index (χ4v) is 4.53. The van der Waals surface area contributed by atoms with E-state index < -0.39 is 0 Å². The van der Waals surface area contributed by atoms with Gasteiger partial charge in [-0.15, -0.1) is 0 Å². The molecule has 3 heteroatoms. The van der Waals surface area contributed by atoms with Crippen LogP contribution in [-0.2, 0) is 5.41 Å². The minimum atomic E-state index is 0.224. The number of nitrogens with two attached hydrogens (primary N) is 1. The molecular formula is C17H24BrNO. The molecule has 0 unspecified atom stereocenters. The van der Waals surface area contributed by atoms with Crippen molar-refractivity contribution < 1.29 is 4.74 Å². The van der Waals surface area contributed by atoms with Crippen LogP contribution in [0.1, 0.15) is 62.0 Å². The second kappa shape index (κ2) is 5.69. The summed E-state index contributed by atoms with van der Waals surface area (Å²) in [6.45, 7) is 0.760. The third kappa shape index (κ3) is 2.29. The zero-order chi connectivity index (χ0) is 14.2. The first-order valence-corrected chi connectivity index (χ1v) is 8.57. The molecule has 0 aromatic heterocycles. The fourth-order valence-electron chi connectivity index (χ4n) is 3.89. The molecule has 0 bridgehead atoms. The van der Waals surface area contributed by atoms with Gasteiger partial charge in [-0.05, 0) is 64.7 Å². The van der Waals surface area contributed by atoms with Gasteiger partial charge in [-0.25, -0.2) is 0 Å². The molecule has 2 nitrogen and oxygen atoms in total. The topological polar surface area (TPSA) is 35.2 Å². The average molecular weight is 338 g/mol. The van der Waals surface area contributed by atoms with Crippen molar-refractivity contribution in [2.75, 3.05) is 13.7 Å². The van der Waals surface area contributed by atoms with Gasteiger partial charge in [0, 0.05) is 12.0 Å². The van der Waals surface area contributed by atoms with Crippen LogP contribution < -0.4 is 10.5 Å². The molecule has 0 aliphatic heterocycles. The maximum absolute atomic E-state index is 6.08. The van der Waals surface area contributed by atoms with Crippen molar-refractivity contribution in [3.05, 3.63) is 27.7 Å². The second-order valence-corrected chi connectivity index (χ2v) is 7.25. The lowest BCUT2D eigenvalue weighted by Crippen LogP contribution is -2.41. The Morgan fingerprint density at radius 3 is 2.45 bits per heavy atom. The summed E-state index contributed by atoms with van der Waals surface area (Å²) in [6.07, 6.45) is 9.04. The summed E-state index contributed by atoms with van der Waals surface area (Å²) in [5, 5.41) is 0. The maximum Gasteiger partial charge on any atom is 0.136 e. The molecule has 2 saturated carbocycles. The first-order valence-electron chi connectivity index (χ1n) is 7.78. The number of hydrogen-bond donors (Lipinski definition) is 1.